The monoisotopic (exact) mass is 250 g/mol. The molecule has 0 unspecified atom stereocenters. The average molecular weight is 250 g/mol. The van der Waals surface area contributed by atoms with Crippen LogP contribution in [-0.4, -0.2) is 33.7 Å². The molecule has 0 saturated heterocycles. The van der Waals surface area contributed by atoms with Crippen molar-refractivity contribution in [2.24, 2.45) is 5.41 Å². The van der Waals surface area contributed by atoms with Crippen molar-refractivity contribution < 1.29 is 9.53 Å². The highest BCUT2D eigenvalue weighted by Gasteiger charge is 2.28. The molecule has 0 aliphatic carbocycles. The Kier molecular flexibility index (Phi) is 4.59. The number of nitrogens with one attached hydrogen (secondary N) is 1. The Morgan fingerprint density at radius 2 is 2.06 bits per heavy atom. The van der Waals surface area contributed by atoms with Gasteiger partial charge in [-0.25, -0.2) is 0 Å². The summed E-state index contributed by atoms with van der Waals surface area (Å²) in [7, 11) is 5.41. The van der Waals surface area contributed by atoms with Crippen molar-refractivity contribution in [1.82, 2.24) is 0 Å². The Balaban J connectivity index is 2.69. The quantitative estimate of drug-likeness (QED) is 0.815. The first-order valence-electron chi connectivity index (χ1n) is 5.96. The molecule has 4 nitrogen and oxygen atoms in total. The molecular formula is C14H22N2O2. The SMILES string of the molecule is COC(=O)C(C)(C)CNc1cccc(N(C)C)c1. The van der Waals surface area contributed by atoms with Crippen LogP contribution in [0.5, 0.6) is 0 Å². The third-order valence-corrected chi connectivity index (χ3v) is 2.83. The minimum absolute atomic E-state index is 0.209. The number of anilines is 2. The van der Waals surface area contributed by atoms with E-state index in [4.69, 9.17) is 4.74 Å². The second-order valence-electron chi connectivity index (χ2n) is 5.17. The standard InChI is InChI=1S/C14H22N2O2/c1-14(2,13(17)18-5)10-15-11-7-6-8-12(9-11)16(3)4/h6-9,15H,10H2,1-5H3. The number of carbonyl (C=O) groups excluding carboxylic acids is 1. The summed E-state index contributed by atoms with van der Waals surface area (Å²) in [6, 6.07) is 8.06. The number of esters is 1. The van der Waals surface area contributed by atoms with Crippen molar-refractivity contribution in [2.75, 3.05) is 38.0 Å². The van der Waals surface area contributed by atoms with Gasteiger partial charge in [0.25, 0.3) is 0 Å². The highest BCUT2D eigenvalue weighted by Crippen LogP contribution is 2.21. The lowest BCUT2D eigenvalue weighted by atomic mass is 9.93. The maximum Gasteiger partial charge on any atom is 0.313 e. The molecule has 1 aromatic carbocycles. The molecule has 0 saturated carbocycles. The molecule has 0 spiro atoms. The average Bonchev–Trinajstić information content (AvgIpc) is 2.35. The molecule has 4 heteroatoms. The minimum atomic E-state index is -0.539. The van der Waals surface area contributed by atoms with E-state index < -0.39 is 5.41 Å². The van der Waals surface area contributed by atoms with Crippen LogP contribution in [0, 0.1) is 5.41 Å². The zero-order chi connectivity index (χ0) is 13.8. The van der Waals surface area contributed by atoms with Crippen molar-refractivity contribution in [1.29, 1.82) is 0 Å². The number of hydrogen-bond acceptors (Lipinski definition) is 4. The fraction of sp³-hybridized carbons (Fsp3) is 0.500. The van der Waals surface area contributed by atoms with Crippen molar-refractivity contribution in [3.8, 4) is 0 Å². The number of methoxy groups -OCH3 is 1. The predicted octanol–water partition coefficient (Wildman–Crippen LogP) is 2.36. The third kappa shape index (κ3) is 3.65. The van der Waals surface area contributed by atoms with Gasteiger partial charge in [-0.05, 0) is 32.0 Å². The van der Waals surface area contributed by atoms with Crippen LogP contribution in [0.25, 0.3) is 0 Å². The number of hydrogen-bond donors (Lipinski definition) is 1. The molecule has 0 atom stereocenters. The lowest BCUT2D eigenvalue weighted by molar-refractivity contribution is -0.149. The molecule has 0 aliphatic rings. The maximum absolute atomic E-state index is 11.6. The Morgan fingerprint density at radius 1 is 1.39 bits per heavy atom. The number of carbonyl (C=O) groups is 1. The van der Waals surface area contributed by atoms with E-state index in [1.807, 2.05) is 57.1 Å². The van der Waals surface area contributed by atoms with Gasteiger partial charge in [-0.2, -0.15) is 0 Å². The largest absolute Gasteiger partial charge is 0.469 e. The Labute approximate surface area is 109 Å². The molecule has 0 aromatic heterocycles. The van der Waals surface area contributed by atoms with Gasteiger partial charge in [0.1, 0.15) is 0 Å². The fourth-order valence-electron chi connectivity index (χ4n) is 1.57. The van der Waals surface area contributed by atoms with E-state index in [9.17, 15) is 4.79 Å². The Hall–Kier alpha value is -1.71. The molecule has 0 bridgehead atoms. The smallest absolute Gasteiger partial charge is 0.313 e. The first-order valence-corrected chi connectivity index (χ1v) is 5.96. The van der Waals surface area contributed by atoms with E-state index in [0.717, 1.165) is 11.4 Å². The summed E-state index contributed by atoms with van der Waals surface area (Å²) in [6.45, 7) is 4.26. The van der Waals surface area contributed by atoms with Crippen LogP contribution in [0.3, 0.4) is 0 Å². The second kappa shape index (κ2) is 5.76. The highest BCUT2D eigenvalue weighted by atomic mass is 16.5. The van der Waals surface area contributed by atoms with Gasteiger partial charge in [-0.3, -0.25) is 4.79 Å². The van der Waals surface area contributed by atoms with Crippen LogP contribution in [0.2, 0.25) is 0 Å². The van der Waals surface area contributed by atoms with Gasteiger partial charge in [-0.1, -0.05) is 6.07 Å². The van der Waals surface area contributed by atoms with Gasteiger partial charge in [0, 0.05) is 32.0 Å². The summed E-state index contributed by atoms with van der Waals surface area (Å²) in [5.74, 6) is -0.209. The summed E-state index contributed by atoms with van der Waals surface area (Å²) >= 11 is 0. The highest BCUT2D eigenvalue weighted by molar-refractivity contribution is 5.76. The van der Waals surface area contributed by atoms with E-state index in [2.05, 4.69) is 5.32 Å². The zero-order valence-electron chi connectivity index (χ0n) is 11.8. The molecule has 18 heavy (non-hydrogen) atoms. The molecule has 1 aromatic rings. The molecule has 100 valence electrons. The first kappa shape index (κ1) is 14.4. The molecule has 1 N–H and O–H groups in total. The number of rotatable bonds is 5. The van der Waals surface area contributed by atoms with Crippen LogP contribution in [0.1, 0.15) is 13.8 Å². The van der Waals surface area contributed by atoms with Gasteiger partial charge >= 0.3 is 5.97 Å². The van der Waals surface area contributed by atoms with Crippen molar-refractivity contribution in [2.45, 2.75) is 13.8 Å². The van der Waals surface area contributed by atoms with Gasteiger partial charge in [-0.15, -0.1) is 0 Å². The van der Waals surface area contributed by atoms with Crippen LogP contribution < -0.4 is 10.2 Å². The molecule has 0 heterocycles. The summed E-state index contributed by atoms with van der Waals surface area (Å²) in [5, 5.41) is 3.27. The molecule has 0 amide bonds. The van der Waals surface area contributed by atoms with Crippen LogP contribution in [0.4, 0.5) is 11.4 Å². The Morgan fingerprint density at radius 3 is 2.61 bits per heavy atom. The normalized spacial score (nSPS) is 10.9. The number of benzene rings is 1. The fourth-order valence-corrected chi connectivity index (χ4v) is 1.57. The van der Waals surface area contributed by atoms with E-state index in [1.165, 1.54) is 7.11 Å². The van der Waals surface area contributed by atoms with E-state index in [-0.39, 0.29) is 5.97 Å². The molecular weight excluding hydrogens is 228 g/mol. The molecule has 0 aliphatic heterocycles. The van der Waals surface area contributed by atoms with Crippen molar-refractivity contribution in [3.05, 3.63) is 24.3 Å². The molecule has 0 radical (unpaired) electrons. The van der Waals surface area contributed by atoms with E-state index in [1.54, 1.807) is 0 Å². The van der Waals surface area contributed by atoms with Gasteiger partial charge in [0.2, 0.25) is 0 Å². The summed E-state index contributed by atoms with van der Waals surface area (Å²) in [4.78, 5) is 13.6. The zero-order valence-corrected chi connectivity index (χ0v) is 11.8. The maximum atomic E-state index is 11.6. The first-order chi connectivity index (χ1) is 8.36. The third-order valence-electron chi connectivity index (χ3n) is 2.83. The van der Waals surface area contributed by atoms with E-state index in [0.29, 0.717) is 6.54 Å². The summed E-state index contributed by atoms with van der Waals surface area (Å²) in [5.41, 5.74) is 1.58. The minimum Gasteiger partial charge on any atom is -0.469 e. The van der Waals surface area contributed by atoms with Crippen LogP contribution in [-0.2, 0) is 9.53 Å². The van der Waals surface area contributed by atoms with Crippen LogP contribution in [0.15, 0.2) is 24.3 Å². The lowest BCUT2D eigenvalue weighted by Gasteiger charge is -2.23. The predicted molar refractivity (Wildman–Crippen MR) is 75.1 cm³/mol. The number of nitrogens with zero attached hydrogens (tertiary/aromatic N) is 1. The number of ether oxygens (including phenoxy) is 1. The Bertz CT molecular complexity index is 414. The van der Waals surface area contributed by atoms with Crippen LogP contribution >= 0.6 is 0 Å². The summed E-state index contributed by atoms with van der Waals surface area (Å²) in [6.07, 6.45) is 0. The molecule has 1 rings (SSSR count). The van der Waals surface area contributed by atoms with Crippen molar-refractivity contribution in [3.63, 3.8) is 0 Å². The molecule has 0 fully saturated rings. The lowest BCUT2D eigenvalue weighted by Crippen LogP contribution is -2.33. The van der Waals surface area contributed by atoms with Gasteiger partial charge < -0.3 is 15.0 Å². The van der Waals surface area contributed by atoms with Gasteiger partial charge in [0.15, 0.2) is 0 Å². The topological polar surface area (TPSA) is 41.6 Å². The summed E-state index contributed by atoms with van der Waals surface area (Å²) < 4.78 is 4.78. The van der Waals surface area contributed by atoms with Crippen molar-refractivity contribution >= 4 is 17.3 Å². The second-order valence-corrected chi connectivity index (χ2v) is 5.17. The van der Waals surface area contributed by atoms with E-state index >= 15 is 0 Å². The van der Waals surface area contributed by atoms with Gasteiger partial charge in [0.05, 0.1) is 12.5 Å².